The van der Waals surface area contributed by atoms with E-state index in [1.54, 1.807) is 25.1 Å². The van der Waals surface area contributed by atoms with Crippen molar-refractivity contribution in [2.45, 2.75) is 26.9 Å². The molecule has 2 amide bonds. The highest BCUT2D eigenvalue weighted by Crippen LogP contribution is 2.25. The van der Waals surface area contributed by atoms with Gasteiger partial charge in [-0.1, -0.05) is 11.6 Å². The van der Waals surface area contributed by atoms with Gasteiger partial charge in [0.2, 0.25) is 5.91 Å². The molecule has 0 heterocycles. The van der Waals surface area contributed by atoms with Crippen LogP contribution in [0.2, 0.25) is 5.02 Å². The highest BCUT2D eigenvalue weighted by molar-refractivity contribution is 6.33. The van der Waals surface area contributed by atoms with Crippen LogP contribution < -0.4 is 10.6 Å². The molecule has 0 bridgehead atoms. The van der Waals surface area contributed by atoms with Crippen LogP contribution in [0.4, 0.5) is 11.4 Å². The average Bonchev–Trinajstić information content (AvgIpc) is 2.46. The van der Waals surface area contributed by atoms with Crippen molar-refractivity contribution in [1.82, 2.24) is 0 Å². The van der Waals surface area contributed by atoms with Crippen LogP contribution in [-0.2, 0) is 19.1 Å². The maximum absolute atomic E-state index is 12.0. The number of benzene rings is 1. The van der Waals surface area contributed by atoms with Crippen molar-refractivity contribution in [3.05, 3.63) is 23.2 Å². The van der Waals surface area contributed by atoms with Crippen LogP contribution >= 0.6 is 11.6 Å². The second kappa shape index (κ2) is 9.40. The van der Waals surface area contributed by atoms with Gasteiger partial charge in [-0.05, 0) is 32.0 Å². The number of hydrogen-bond acceptors (Lipinski definition) is 4. The molecule has 22 heavy (non-hydrogen) atoms. The predicted molar refractivity (Wildman–Crippen MR) is 86.3 cm³/mol. The monoisotopic (exact) mass is 328 g/mol. The van der Waals surface area contributed by atoms with Crippen LogP contribution in [0, 0.1) is 0 Å². The lowest BCUT2D eigenvalue weighted by Crippen LogP contribution is -2.28. The fourth-order valence-electron chi connectivity index (χ4n) is 1.64. The Morgan fingerprint density at radius 2 is 2.00 bits per heavy atom. The van der Waals surface area contributed by atoms with Crippen LogP contribution in [-0.4, -0.2) is 37.7 Å². The van der Waals surface area contributed by atoms with E-state index in [1.165, 1.54) is 6.92 Å². The van der Waals surface area contributed by atoms with E-state index in [0.29, 0.717) is 36.2 Å². The minimum Gasteiger partial charge on any atom is -0.379 e. The molecule has 0 aliphatic heterocycles. The van der Waals surface area contributed by atoms with E-state index in [2.05, 4.69) is 10.6 Å². The SMILES string of the molecule is CCOCCOC(C)C(=O)Nc1ccc(Cl)c(NC(C)=O)c1. The van der Waals surface area contributed by atoms with Gasteiger partial charge in [0.05, 0.1) is 23.9 Å². The van der Waals surface area contributed by atoms with Crippen LogP contribution in [0.3, 0.4) is 0 Å². The summed E-state index contributed by atoms with van der Waals surface area (Å²) < 4.78 is 10.5. The number of amides is 2. The second-order valence-electron chi connectivity index (χ2n) is 4.58. The van der Waals surface area contributed by atoms with Gasteiger partial charge in [0.25, 0.3) is 5.91 Å². The molecular weight excluding hydrogens is 308 g/mol. The van der Waals surface area contributed by atoms with E-state index < -0.39 is 6.10 Å². The van der Waals surface area contributed by atoms with Crippen molar-refractivity contribution in [3.8, 4) is 0 Å². The number of carbonyl (C=O) groups is 2. The number of halogens is 1. The summed E-state index contributed by atoms with van der Waals surface area (Å²) in [4.78, 5) is 23.1. The van der Waals surface area contributed by atoms with Crippen molar-refractivity contribution < 1.29 is 19.1 Å². The summed E-state index contributed by atoms with van der Waals surface area (Å²) in [7, 11) is 0. The average molecular weight is 329 g/mol. The van der Waals surface area contributed by atoms with Gasteiger partial charge >= 0.3 is 0 Å². The number of anilines is 2. The maximum atomic E-state index is 12.0. The summed E-state index contributed by atoms with van der Waals surface area (Å²) in [6.07, 6.45) is -0.611. The van der Waals surface area contributed by atoms with E-state index in [9.17, 15) is 9.59 Å². The molecule has 0 aliphatic carbocycles. The van der Waals surface area contributed by atoms with Crippen LogP contribution in [0.5, 0.6) is 0 Å². The number of rotatable bonds is 8. The number of nitrogens with one attached hydrogen (secondary N) is 2. The minimum atomic E-state index is -0.611. The van der Waals surface area contributed by atoms with Gasteiger partial charge in [0, 0.05) is 19.2 Å². The van der Waals surface area contributed by atoms with Gasteiger partial charge < -0.3 is 20.1 Å². The Hall–Kier alpha value is -1.63. The number of ether oxygens (including phenoxy) is 2. The van der Waals surface area contributed by atoms with Crippen molar-refractivity contribution in [2.24, 2.45) is 0 Å². The molecule has 7 heteroatoms. The molecule has 6 nitrogen and oxygen atoms in total. The fourth-order valence-corrected chi connectivity index (χ4v) is 1.80. The Kier molecular flexibility index (Phi) is 7.87. The first-order valence-electron chi connectivity index (χ1n) is 7.01. The Morgan fingerprint density at radius 3 is 2.64 bits per heavy atom. The summed E-state index contributed by atoms with van der Waals surface area (Å²) in [6.45, 7) is 6.34. The van der Waals surface area contributed by atoms with Crippen LogP contribution in [0.15, 0.2) is 18.2 Å². The zero-order chi connectivity index (χ0) is 16.5. The largest absolute Gasteiger partial charge is 0.379 e. The van der Waals surface area contributed by atoms with Gasteiger partial charge in [-0.25, -0.2) is 0 Å². The molecule has 0 saturated heterocycles. The quantitative estimate of drug-likeness (QED) is 0.719. The van der Waals surface area contributed by atoms with E-state index >= 15 is 0 Å². The summed E-state index contributed by atoms with van der Waals surface area (Å²) in [5.74, 6) is -0.523. The molecule has 2 N–H and O–H groups in total. The normalized spacial score (nSPS) is 11.8. The first-order valence-corrected chi connectivity index (χ1v) is 7.39. The number of carbonyl (C=O) groups excluding carboxylic acids is 2. The zero-order valence-corrected chi connectivity index (χ0v) is 13.7. The molecule has 1 atom stereocenters. The summed E-state index contributed by atoms with van der Waals surface area (Å²) in [5, 5.41) is 5.70. The summed E-state index contributed by atoms with van der Waals surface area (Å²) >= 11 is 5.97. The van der Waals surface area contributed by atoms with Crippen molar-refractivity contribution in [2.75, 3.05) is 30.5 Å². The topological polar surface area (TPSA) is 76.7 Å². The molecule has 1 aromatic carbocycles. The first-order chi connectivity index (χ1) is 10.4. The highest BCUT2D eigenvalue weighted by atomic mass is 35.5. The lowest BCUT2D eigenvalue weighted by Gasteiger charge is -2.14. The Bertz CT molecular complexity index is 522. The fraction of sp³-hybridized carbons (Fsp3) is 0.467. The summed E-state index contributed by atoms with van der Waals surface area (Å²) in [6, 6.07) is 4.84. The molecule has 0 aromatic heterocycles. The standard InChI is InChI=1S/C15H21ClN2O4/c1-4-21-7-8-22-10(2)15(20)18-12-5-6-13(16)14(9-12)17-11(3)19/h5-6,9-10H,4,7-8H2,1-3H3,(H,17,19)(H,18,20). The van der Waals surface area contributed by atoms with Gasteiger partial charge in [0.1, 0.15) is 6.10 Å². The third-order valence-corrected chi connectivity index (χ3v) is 3.04. The third kappa shape index (κ3) is 6.43. The van der Waals surface area contributed by atoms with E-state index in [1.807, 2.05) is 6.92 Å². The smallest absolute Gasteiger partial charge is 0.253 e. The molecule has 1 aromatic rings. The Balaban J connectivity index is 2.58. The lowest BCUT2D eigenvalue weighted by atomic mass is 10.2. The highest BCUT2D eigenvalue weighted by Gasteiger charge is 2.14. The first kappa shape index (κ1) is 18.4. The maximum Gasteiger partial charge on any atom is 0.253 e. The van der Waals surface area contributed by atoms with E-state index in [0.717, 1.165) is 0 Å². The van der Waals surface area contributed by atoms with Gasteiger partial charge in [-0.15, -0.1) is 0 Å². The molecule has 0 aliphatic rings. The lowest BCUT2D eigenvalue weighted by molar-refractivity contribution is -0.127. The number of hydrogen-bond donors (Lipinski definition) is 2. The molecule has 0 saturated carbocycles. The Labute approximate surface area is 135 Å². The van der Waals surface area contributed by atoms with Gasteiger partial charge in [-0.3, -0.25) is 9.59 Å². The predicted octanol–water partition coefficient (Wildman–Crippen LogP) is 2.68. The molecule has 0 radical (unpaired) electrons. The molecule has 0 fully saturated rings. The van der Waals surface area contributed by atoms with E-state index in [-0.39, 0.29) is 11.8 Å². The molecular formula is C15H21ClN2O4. The summed E-state index contributed by atoms with van der Waals surface area (Å²) in [5.41, 5.74) is 0.968. The van der Waals surface area contributed by atoms with Crippen molar-refractivity contribution >= 4 is 34.8 Å². The third-order valence-electron chi connectivity index (χ3n) is 2.71. The van der Waals surface area contributed by atoms with Gasteiger partial charge in [0.15, 0.2) is 0 Å². The molecule has 0 spiro atoms. The Morgan fingerprint density at radius 1 is 1.27 bits per heavy atom. The molecule has 1 unspecified atom stereocenters. The second-order valence-corrected chi connectivity index (χ2v) is 4.98. The van der Waals surface area contributed by atoms with Crippen LogP contribution in [0.1, 0.15) is 20.8 Å². The zero-order valence-electron chi connectivity index (χ0n) is 12.9. The van der Waals surface area contributed by atoms with Crippen LogP contribution in [0.25, 0.3) is 0 Å². The molecule has 1 rings (SSSR count). The van der Waals surface area contributed by atoms with Crippen molar-refractivity contribution in [1.29, 1.82) is 0 Å². The van der Waals surface area contributed by atoms with E-state index in [4.69, 9.17) is 21.1 Å². The minimum absolute atomic E-state index is 0.238. The van der Waals surface area contributed by atoms with Crippen molar-refractivity contribution in [3.63, 3.8) is 0 Å². The van der Waals surface area contributed by atoms with Gasteiger partial charge in [-0.2, -0.15) is 0 Å². The molecule has 122 valence electrons.